The molecule has 2 aromatic rings. The first-order valence-corrected chi connectivity index (χ1v) is 7.96. The summed E-state index contributed by atoms with van der Waals surface area (Å²) in [5.41, 5.74) is 2.51. The van der Waals surface area contributed by atoms with E-state index in [4.69, 9.17) is 9.47 Å². The normalized spacial score (nSPS) is 21.6. The summed E-state index contributed by atoms with van der Waals surface area (Å²) in [6.45, 7) is 1.94. The third kappa shape index (κ3) is 2.69. The van der Waals surface area contributed by atoms with Crippen LogP contribution in [0.25, 0.3) is 0 Å². The van der Waals surface area contributed by atoms with Crippen molar-refractivity contribution < 1.29 is 9.47 Å². The van der Waals surface area contributed by atoms with Gasteiger partial charge in [0.15, 0.2) is 0 Å². The molecule has 1 aliphatic carbocycles. The Kier molecular flexibility index (Phi) is 3.51. The molecule has 0 N–H and O–H groups in total. The van der Waals surface area contributed by atoms with E-state index in [1.54, 1.807) is 7.11 Å². The molecule has 22 heavy (non-hydrogen) atoms. The van der Waals surface area contributed by atoms with Gasteiger partial charge >= 0.3 is 0 Å². The van der Waals surface area contributed by atoms with Crippen LogP contribution in [0.3, 0.4) is 0 Å². The van der Waals surface area contributed by atoms with Crippen LogP contribution in [0.2, 0.25) is 0 Å². The first-order chi connectivity index (χ1) is 10.8. The topological polar surface area (TPSA) is 21.7 Å². The minimum absolute atomic E-state index is 0.0788. The summed E-state index contributed by atoms with van der Waals surface area (Å²) in [5.74, 6) is 1.91. The Morgan fingerprint density at radius 2 is 1.82 bits per heavy atom. The summed E-state index contributed by atoms with van der Waals surface area (Å²) in [4.78, 5) is 2.57. The molecule has 1 saturated carbocycles. The number of rotatable bonds is 3. The minimum Gasteiger partial charge on any atom is -0.497 e. The van der Waals surface area contributed by atoms with E-state index >= 15 is 0 Å². The lowest BCUT2D eigenvalue weighted by Crippen LogP contribution is -2.30. The van der Waals surface area contributed by atoms with Crippen LogP contribution >= 0.6 is 0 Å². The van der Waals surface area contributed by atoms with Gasteiger partial charge in [0.2, 0.25) is 0 Å². The number of hydrogen-bond acceptors (Lipinski definition) is 3. The summed E-state index contributed by atoms with van der Waals surface area (Å²) < 4.78 is 11.6. The molecule has 114 valence electrons. The van der Waals surface area contributed by atoms with Gasteiger partial charge in [-0.2, -0.15) is 0 Å². The summed E-state index contributed by atoms with van der Waals surface area (Å²) in [6.07, 6.45) is 2.71. The largest absolute Gasteiger partial charge is 0.497 e. The fraction of sp³-hybridized carbons (Fsp3) is 0.368. The van der Waals surface area contributed by atoms with Crippen molar-refractivity contribution in [3.63, 3.8) is 0 Å². The zero-order chi connectivity index (χ0) is 14.9. The van der Waals surface area contributed by atoms with E-state index in [1.807, 2.05) is 12.1 Å². The lowest BCUT2D eigenvalue weighted by Gasteiger charge is -2.24. The second-order valence-electron chi connectivity index (χ2n) is 6.15. The van der Waals surface area contributed by atoms with E-state index in [-0.39, 0.29) is 6.10 Å². The van der Waals surface area contributed by atoms with Crippen molar-refractivity contribution in [1.82, 2.24) is 4.90 Å². The molecule has 4 rings (SSSR count). The Labute approximate surface area is 131 Å². The highest BCUT2D eigenvalue weighted by Crippen LogP contribution is 2.37. The molecule has 1 unspecified atom stereocenters. The van der Waals surface area contributed by atoms with Crippen LogP contribution in [0.4, 0.5) is 0 Å². The third-order valence-corrected chi connectivity index (χ3v) is 4.57. The first kappa shape index (κ1) is 13.6. The maximum Gasteiger partial charge on any atom is 0.136 e. The minimum atomic E-state index is 0.0788. The van der Waals surface area contributed by atoms with Crippen LogP contribution in [0.5, 0.6) is 11.5 Å². The van der Waals surface area contributed by atoms with Crippen LogP contribution in [0, 0.1) is 0 Å². The van der Waals surface area contributed by atoms with Crippen LogP contribution < -0.4 is 9.47 Å². The van der Waals surface area contributed by atoms with Crippen molar-refractivity contribution in [2.75, 3.05) is 13.7 Å². The van der Waals surface area contributed by atoms with Crippen molar-refractivity contribution >= 4 is 0 Å². The van der Waals surface area contributed by atoms with Crippen LogP contribution in [0.15, 0.2) is 48.5 Å². The van der Waals surface area contributed by atoms with Gasteiger partial charge in [-0.05, 0) is 36.6 Å². The third-order valence-electron chi connectivity index (χ3n) is 4.57. The summed E-state index contributed by atoms with van der Waals surface area (Å²) >= 11 is 0. The highest BCUT2D eigenvalue weighted by molar-refractivity contribution is 5.36. The van der Waals surface area contributed by atoms with Gasteiger partial charge in [-0.15, -0.1) is 0 Å². The van der Waals surface area contributed by atoms with Crippen molar-refractivity contribution in [1.29, 1.82) is 0 Å². The van der Waals surface area contributed by atoms with Gasteiger partial charge in [0.25, 0.3) is 0 Å². The van der Waals surface area contributed by atoms with E-state index in [1.165, 1.54) is 24.0 Å². The molecule has 0 bridgehead atoms. The summed E-state index contributed by atoms with van der Waals surface area (Å²) in [7, 11) is 1.70. The monoisotopic (exact) mass is 295 g/mol. The quantitative estimate of drug-likeness (QED) is 0.860. The van der Waals surface area contributed by atoms with Crippen LogP contribution in [-0.2, 0) is 6.54 Å². The first-order valence-electron chi connectivity index (χ1n) is 7.96. The molecular formula is C19H21NO2. The highest BCUT2D eigenvalue weighted by Gasteiger charge is 2.34. The molecule has 0 saturated heterocycles. The molecule has 0 radical (unpaired) electrons. The summed E-state index contributed by atoms with van der Waals surface area (Å²) in [6, 6.07) is 17.4. The molecule has 1 aliphatic heterocycles. The Bertz CT molecular complexity index is 649. The summed E-state index contributed by atoms with van der Waals surface area (Å²) in [5, 5.41) is 0. The molecule has 0 amide bonds. The SMILES string of the molecule is COc1ccc(C2CN(C3CC3)Cc3ccccc3O2)cc1. The van der Waals surface area contributed by atoms with E-state index in [2.05, 4.69) is 41.3 Å². The fourth-order valence-corrected chi connectivity index (χ4v) is 3.15. The van der Waals surface area contributed by atoms with E-state index in [0.29, 0.717) is 0 Å². The Morgan fingerprint density at radius 3 is 2.55 bits per heavy atom. The standard InChI is InChI=1S/C19H21NO2/c1-21-17-10-6-14(7-11-17)19-13-20(16-8-9-16)12-15-4-2-3-5-18(15)22-19/h2-7,10-11,16,19H,8-9,12-13H2,1H3. The van der Waals surface area contributed by atoms with Gasteiger partial charge in [-0.1, -0.05) is 30.3 Å². The van der Waals surface area contributed by atoms with Crippen LogP contribution in [-0.4, -0.2) is 24.6 Å². The predicted octanol–water partition coefficient (Wildman–Crippen LogP) is 3.79. The molecule has 1 heterocycles. The number of hydrogen-bond donors (Lipinski definition) is 0. The molecule has 2 aliphatic rings. The fourth-order valence-electron chi connectivity index (χ4n) is 3.15. The maximum absolute atomic E-state index is 6.34. The predicted molar refractivity (Wildman–Crippen MR) is 86.2 cm³/mol. The van der Waals surface area contributed by atoms with Crippen molar-refractivity contribution in [3.05, 3.63) is 59.7 Å². The Balaban J connectivity index is 1.65. The molecule has 3 heteroatoms. The van der Waals surface area contributed by atoms with E-state index in [9.17, 15) is 0 Å². The van der Waals surface area contributed by atoms with Crippen LogP contribution in [0.1, 0.15) is 30.1 Å². The molecule has 1 atom stereocenters. The molecule has 3 nitrogen and oxygen atoms in total. The van der Waals surface area contributed by atoms with Gasteiger partial charge in [-0.25, -0.2) is 0 Å². The number of fused-ring (bicyclic) bond motifs is 1. The number of para-hydroxylation sites is 1. The van der Waals surface area contributed by atoms with Crippen molar-refractivity contribution in [2.24, 2.45) is 0 Å². The number of benzene rings is 2. The second-order valence-corrected chi connectivity index (χ2v) is 6.15. The number of methoxy groups -OCH3 is 1. The smallest absolute Gasteiger partial charge is 0.136 e. The molecule has 2 aromatic carbocycles. The lowest BCUT2D eigenvalue weighted by molar-refractivity contribution is 0.143. The van der Waals surface area contributed by atoms with Gasteiger partial charge in [0.1, 0.15) is 17.6 Å². The van der Waals surface area contributed by atoms with Gasteiger partial charge in [0, 0.05) is 24.7 Å². The average molecular weight is 295 g/mol. The lowest BCUT2D eigenvalue weighted by atomic mass is 10.1. The molecular weight excluding hydrogens is 274 g/mol. The van der Waals surface area contributed by atoms with Crippen molar-refractivity contribution in [2.45, 2.75) is 31.5 Å². The molecule has 0 spiro atoms. The molecule has 0 aromatic heterocycles. The number of ether oxygens (including phenoxy) is 2. The molecule has 1 fully saturated rings. The van der Waals surface area contributed by atoms with E-state index in [0.717, 1.165) is 30.6 Å². The van der Waals surface area contributed by atoms with E-state index < -0.39 is 0 Å². The van der Waals surface area contributed by atoms with Gasteiger partial charge in [0.05, 0.1) is 7.11 Å². The number of nitrogens with zero attached hydrogens (tertiary/aromatic N) is 1. The van der Waals surface area contributed by atoms with Crippen molar-refractivity contribution in [3.8, 4) is 11.5 Å². The maximum atomic E-state index is 6.34. The van der Waals surface area contributed by atoms with Gasteiger partial charge < -0.3 is 9.47 Å². The highest BCUT2D eigenvalue weighted by atomic mass is 16.5. The zero-order valence-electron chi connectivity index (χ0n) is 12.9. The Hall–Kier alpha value is -2.00. The zero-order valence-corrected chi connectivity index (χ0v) is 12.9. The van der Waals surface area contributed by atoms with Gasteiger partial charge in [-0.3, -0.25) is 4.90 Å². The average Bonchev–Trinajstić information content (AvgIpc) is 3.40. The second kappa shape index (κ2) is 5.65. The Morgan fingerprint density at radius 1 is 1.05 bits per heavy atom.